The zero-order chi connectivity index (χ0) is 51.3. The number of aldehydes is 1. The minimum Gasteiger partial charge on any atom is -0.446 e. The molecule has 0 aromatic rings. The molecule has 0 aliphatic carbocycles. The first-order valence-electron chi connectivity index (χ1n) is 24.6. The van der Waals surface area contributed by atoms with Crippen molar-refractivity contribution >= 4 is 54.4 Å². The van der Waals surface area contributed by atoms with Gasteiger partial charge in [0.1, 0.15) is 18.5 Å². The summed E-state index contributed by atoms with van der Waals surface area (Å²) in [5, 5.41) is 16.3. The Labute approximate surface area is 405 Å². The highest BCUT2D eigenvalue weighted by atomic mass is 16.6. The molecule has 0 aromatic carbocycles. The first-order chi connectivity index (χ1) is 32.3. The highest BCUT2D eigenvalue weighted by molar-refractivity contribution is 5.84. The average Bonchev–Trinajstić information content (AvgIpc) is 3.24. The third-order valence-electron chi connectivity index (χ3n) is 10.4. The van der Waals surface area contributed by atoms with Gasteiger partial charge in [-0.25, -0.2) is 9.59 Å². The Bertz CT molecular complexity index is 1460. The number of nitrogens with two attached hydrogens (primary N) is 1. The molecule has 8 N–H and O–H groups in total. The summed E-state index contributed by atoms with van der Waals surface area (Å²) in [6.07, 6.45) is 2.40. The van der Waals surface area contributed by atoms with Crippen LogP contribution >= 0.6 is 0 Å². The van der Waals surface area contributed by atoms with Gasteiger partial charge in [0, 0.05) is 130 Å². The Kier molecular flexibility index (Phi) is 36.0. The molecule has 68 heavy (non-hydrogen) atoms. The number of hydrogen-bond donors (Lipinski definition) is 7. The Morgan fingerprint density at radius 2 is 0.824 bits per heavy atom. The van der Waals surface area contributed by atoms with Gasteiger partial charge in [-0.05, 0) is 49.4 Å². The maximum atomic E-state index is 13.2. The van der Waals surface area contributed by atoms with Crippen LogP contribution in [0.5, 0.6) is 0 Å². The maximum absolute atomic E-state index is 13.2. The molecule has 21 nitrogen and oxygen atoms in total. The van der Waals surface area contributed by atoms with Crippen LogP contribution in [0.15, 0.2) is 0 Å². The van der Waals surface area contributed by atoms with Crippen LogP contribution in [0.1, 0.15) is 120 Å². The number of nitrogens with zero attached hydrogens (tertiary/aromatic N) is 3. The van der Waals surface area contributed by atoms with Crippen molar-refractivity contribution in [1.82, 2.24) is 46.6 Å². The second-order valence-corrected chi connectivity index (χ2v) is 18.6. The number of carbonyl (C=O) groups is 9. The number of rotatable bonds is 40. The molecule has 0 saturated carbocycles. The summed E-state index contributed by atoms with van der Waals surface area (Å²) in [6.45, 7) is 19.7. The van der Waals surface area contributed by atoms with Gasteiger partial charge < -0.3 is 61.7 Å². The Morgan fingerprint density at radius 1 is 0.471 bits per heavy atom. The van der Waals surface area contributed by atoms with Gasteiger partial charge in [0.2, 0.25) is 35.9 Å². The van der Waals surface area contributed by atoms with E-state index in [-0.39, 0.29) is 152 Å². The molecule has 8 amide bonds. The number of amides is 8. The molecule has 0 bridgehead atoms. The summed E-state index contributed by atoms with van der Waals surface area (Å²) < 4.78 is 11.3. The predicted molar refractivity (Wildman–Crippen MR) is 260 cm³/mol. The minimum absolute atomic E-state index is 0.0570. The molecule has 0 unspecified atom stereocenters. The number of carbonyl (C=O) groups excluding carboxylic acids is 9. The van der Waals surface area contributed by atoms with E-state index >= 15 is 0 Å². The highest BCUT2D eigenvalue weighted by Crippen LogP contribution is 2.18. The second kappa shape index (κ2) is 38.9. The molecule has 0 aliphatic heterocycles. The Hall–Kier alpha value is -5.05. The zero-order valence-electron chi connectivity index (χ0n) is 42.5. The van der Waals surface area contributed by atoms with Crippen LogP contribution < -0.4 is 37.6 Å². The maximum Gasteiger partial charge on any atom is 0.407 e. The third kappa shape index (κ3) is 35.1. The van der Waals surface area contributed by atoms with Gasteiger partial charge in [0.25, 0.3) is 0 Å². The molecule has 21 heteroatoms. The molecule has 0 heterocycles. The van der Waals surface area contributed by atoms with E-state index in [4.69, 9.17) is 15.2 Å². The van der Waals surface area contributed by atoms with Gasteiger partial charge in [-0.15, -0.1) is 0 Å². The fourth-order valence-electron chi connectivity index (χ4n) is 7.20. The average molecular weight is 969 g/mol. The van der Waals surface area contributed by atoms with Crippen molar-refractivity contribution in [2.24, 2.45) is 29.4 Å². The van der Waals surface area contributed by atoms with E-state index in [9.17, 15) is 43.2 Å². The summed E-state index contributed by atoms with van der Waals surface area (Å²) in [7, 11) is 0. The van der Waals surface area contributed by atoms with E-state index in [0.29, 0.717) is 56.0 Å². The summed E-state index contributed by atoms with van der Waals surface area (Å²) in [5.74, 6) is -0.197. The number of nitrogens with one attached hydrogen (secondary N) is 6. The lowest BCUT2D eigenvalue weighted by Crippen LogP contribution is -2.44. The van der Waals surface area contributed by atoms with Crippen LogP contribution in [-0.2, 0) is 43.0 Å². The fourth-order valence-corrected chi connectivity index (χ4v) is 7.20. The first kappa shape index (κ1) is 63.0. The summed E-state index contributed by atoms with van der Waals surface area (Å²) in [6, 6.07) is 0. The number of alkyl carbamates (subject to hydrolysis) is 2. The van der Waals surface area contributed by atoms with Crippen molar-refractivity contribution in [3.63, 3.8) is 0 Å². The Balaban J connectivity index is 5.15. The van der Waals surface area contributed by atoms with Crippen LogP contribution in [0.25, 0.3) is 0 Å². The molecule has 0 aliphatic rings. The monoisotopic (exact) mass is 969 g/mol. The van der Waals surface area contributed by atoms with Crippen molar-refractivity contribution in [3.05, 3.63) is 0 Å². The zero-order valence-corrected chi connectivity index (χ0v) is 42.5. The van der Waals surface area contributed by atoms with Gasteiger partial charge >= 0.3 is 12.2 Å². The van der Waals surface area contributed by atoms with Gasteiger partial charge in [-0.3, -0.25) is 33.7 Å². The molecule has 0 fully saturated rings. The van der Waals surface area contributed by atoms with Crippen molar-refractivity contribution in [2.75, 3.05) is 91.6 Å². The highest BCUT2D eigenvalue weighted by Gasteiger charge is 2.21. The van der Waals surface area contributed by atoms with E-state index in [2.05, 4.69) is 87.3 Å². The standard InChI is InChI=1S/C47H88N10O11/c1-35(2)30-39(31-36(3)4)67-46(65)53-20-27-56(22-15-48)44(63)13-11-42(61)51-18-24-55(23-17-50-41(60)10-9-29-58)25-19-52-43(62)12-14-45(64)57(26-16-49-34-59)28-21-54-47(66)68-40(32-37(5)6)33-38(7)8/h29,34-40H,9-28,30-33,48H2,1-8H3,(H,49,59)(H,50,60)(H,51,61)(H,52,62)(H,53,65)(H,54,66). The van der Waals surface area contributed by atoms with Gasteiger partial charge in [0.05, 0.1) is 0 Å². The molecule has 0 atom stereocenters. The number of ether oxygens (including phenoxy) is 2. The van der Waals surface area contributed by atoms with Crippen molar-refractivity contribution in [1.29, 1.82) is 0 Å². The molecule has 0 saturated heterocycles. The fraction of sp³-hybridized carbons (Fsp3) is 0.809. The van der Waals surface area contributed by atoms with Crippen molar-refractivity contribution < 1.29 is 52.6 Å². The van der Waals surface area contributed by atoms with Gasteiger partial charge in [-0.1, -0.05) is 55.4 Å². The van der Waals surface area contributed by atoms with Crippen LogP contribution in [-0.4, -0.2) is 173 Å². The van der Waals surface area contributed by atoms with Crippen LogP contribution in [0, 0.1) is 23.7 Å². The SMILES string of the molecule is CC(C)CC(CC(C)C)OC(=O)NCCN(CCN)C(=O)CCC(=O)NCCN(CCNC(=O)CCC=O)CCNC(=O)CCC(=O)N(CCNC=O)CCNC(=O)OC(CC(C)C)CC(C)C. The first-order valence-corrected chi connectivity index (χ1v) is 24.6. The van der Waals surface area contributed by atoms with E-state index in [1.54, 1.807) is 0 Å². The lowest BCUT2D eigenvalue weighted by atomic mass is 9.98. The lowest BCUT2D eigenvalue weighted by Gasteiger charge is -2.24. The number of hydrogen-bond acceptors (Lipinski definition) is 13. The van der Waals surface area contributed by atoms with Crippen LogP contribution in [0.3, 0.4) is 0 Å². The molecule has 0 rings (SSSR count). The predicted octanol–water partition coefficient (Wildman–Crippen LogP) is 1.91. The van der Waals surface area contributed by atoms with E-state index in [1.807, 2.05) is 4.90 Å². The smallest absolute Gasteiger partial charge is 0.407 e. The molecule has 0 radical (unpaired) electrons. The molecular weight excluding hydrogens is 881 g/mol. The van der Waals surface area contributed by atoms with Gasteiger partial charge in [0.15, 0.2) is 0 Å². The Morgan fingerprint density at radius 3 is 1.18 bits per heavy atom. The van der Waals surface area contributed by atoms with Gasteiger partial charge in [-0.2, -0.15) is 0 Å². The van der Waals surface area contributed by atoms with Crippen LogP contribution in [0.4, 0.5) is 9.59 Å². The van der Waals surface area contributed by atoms with E-state index in [1.165, 1.54) is 9.80 Å². The van der Waals surface area contributed by atoms with E-state index in [0.717, 1.165) is 25.7 Å². The van der Waals surface area contributed by atoms with E-state index < -0.39 is 12.2 Å². The molecular formula is C47H88N10O11. The lowest BCUT2D eigenvalue weighted by molar-refractivity contribution is -0.133. The van der Waals surface area contributed by atoms with Crippen molar-refractivity contribution in [2.45, 2.75) is 132 Å². The minimum atomic E-state index is -0.571. The molecule has 0 spiro atoms. The topological polar surface area (TPSA) is 280 Å². The summed E-state index contributed by atoms with van der Waals surface area (Å²) in [4.78, 5) is 115. The quantitative estimate of drug-likeness (QED) is 0.0342. The van der Waals surface area contributed by atoms with Crippen molar-refractivity contribution in [3.8, 4) is 0 Å². The second-order valence-electron chi connectivity index (χ2n) is 18.6. The summed E-state index contributed by atoms with van der Waals surface area (Å²) >= 11 is 0. The summed E-state index contributed by atoms with van der Waals surface area (Å²) in [5.41, 5.74) is 5.75. The normalized spacial score (nSPS) is 11.2. The third-order valence-corrected chi connectivity index (χ3v) is 10.4. The molecule has 392 valence electrons. The molecule has 0 aromatic heterocycles. The van der Waals surface area contributed by atoms with Crippen LogP contribution in [0.2, 0.25) is 0 Å². The largest absolute Gasteiger partial charge is 0.446 e.